The highest BCUT2D eigenvalue weighted by Gasteiger charge is 2.41. The van der Waals surface area contributed by atoms with Crippen molar-refractivity contribution in [1.82, 2.24) is 9.55 Å². The van der Waals surface area contributed by atoms with Crippen LogP contribution in [0.2, 0.25) is 0 Å². The van der Waals surface area contributed by atoms with Gasteiger partial charge in [-0.15, -0.1) is 11.8 Å². The molecule has 0 spiro atoms. The van der Waals surface area contributed by atoms with Crippen LogP contribution in [0.3, 0.4) is 0 Å². The lowest BCUT2D eigenvalue weighted by Crippen LogP contribution is -2.26. The first-order valence-corrected chi connectivity index (χ1v) is 12.1. The Morgan fingerprint density at radius 3 is 2.52 bits per heavy atom. The maximum Gasteiger partial charge on any atom is 0.490 e. The molecule has 0 saturated carbocycles. The number of rotatable bonds is 8. The second-order valence-corrected chi connectivity index (χ2v) is 10.5. The minimum absolute atomic E-state index is 0.0145. The van der Waals surface area contributed by atoms with Crippen molar-refractivity contribution in [3.8, 4) is 0 Å². The van der Waals surface area contributed by atoms with Gasteiger partial charge in [-0.05, 0) is 6.07 Å². The van der Waals surface area contributed by atoms with Gasteiger partial charge in [0.15, 0.2) is 0 Å². The number of anilines is 1. The van der Waals surface area contributed by atoms with Crippen molar-refractivity contribution in [1.29, 1.82) is 0 Å². The van der Waals surface area contributed by atoms with Gasteiger partial charge in [-0.2, -0.15) is 13.6 Å². The van der Waals surface area contributed by atoms with E-state index in [1.807, 2.05) is 0 Å². The number of hydrogen-bond acceptors (Lipinski definition) is 11. The van der Waals surface area contributed by atoms with Crippen LogP contribution in [0.5, 0.6) is 0 Å². The van der Waals surface area contributed by atoms with Gasteiger partial charge in [0.05, 0.1) is 13.2 Å². The quantitative estimate of drug-likeness (QED) is 0.309. The SMILES string of the molecule is Nc1ccn(C2COC(COP(=O)(O)OP(=O)(O)OP(=O)(O)O)S2)c(=O)n1. The third-order valence-corrected chi connectivity index (χ3v) is 7.74. The first kappa shape index (κ1) is 22.7. The zero-order valence-corrected chi connectivity index (χ0v) is 16.5. The van der Waals surface area contributed by atoms with E-state index in [1.165, 1.54) is 16.8 Å². The number of aromatic nitrogens is 2. The van der Waals surface area contributed by atoms with Gasteiger partial charge in [0.2, 0.25) is 0 Å². The van der Waals surface area contributed by atoms with E-state index in [0.717, 1.165) is 11.8 Å². The molecular formula is C8H14N3O12P3S. The molecule has 2 rings (SSSR count). The molecule has 4 atom stereocenters. The summed E-state index contributed by atoms with van der Waals surface area (Å²) in [6.07, 6.45) is 1.39. The fraction of sp³-hybridized carbons (Fsp3) is 0.500. The van der Waals surface area contributed by atoms with Gasteiger partial charge in [0.25, 0.3) is 0 Å². The Bertz CT molecular complexity index is 887. The monoisotopic (exact) mass is 469 g/mol. The summed E-state index contributed by atoms with van der Waals surface area (Å²) in [5, 5.41) is -0.542. The highest BCUT2D eigenvalue weighted by molar-refractivity contribution is 8.00. The summed E-state index contributed by atoms with van der Waals surface area (Å²) < 4.78 is 51.4. The van der Waals surface area contributed by atoms with E-state index >= 15 is 0 Å². The van der Waals surface area contributed by atoms with Crippen molar-refractivity contribution in [3.05, 3.63) is 22.7 Å². The summed E-state index contributed by atoms with van der Waals surface area (Å²) in [6.45, 7) is -0.609. The number of ether oxygens (including phenoxy) is 1. The Kier molecular flexibility index (Phi) is 7.07. The Labute approximate surface area is 154 Å². The topological polar surface area (TPSA) is 230 Å². The summed E-state index contributed by atoms with van der Waals surface area (Å²) in [7, 11) is -16.3. The third-order valence-electron chi connectivity index (χ3n) is 2.69. The molecular weight excluding hydrogens is 455 g/mol. The van der Waals surface area contributed by atoms with Crippen molar-refractivity contribution >= 4 is 41.0 Å². The molecule has 15 nitrogen and oxygen atoms in total. The number of thioether (sulfide) groups is 1. The van der Waals surface area contributed by atoms with Crippen LogP contribution in [-0.4, -0.2) is 47.8 Å². The maximum absolute atomic E-state index is 11.8. The highest BCUT2D eigenvalue weighted by Crippen LogP contribution is 2.66. The van der Waals surface area contributed by atoms with Crippen LogP contribution in [0.25, 0.3) is 0 Å². The molecule has 6 N–H and O–H groups in total. The zero-order chi connectivity index (χ0) is 20.5. The lowest BCUT2D eigenvalue weighted by Gasteiger charge is -2.17. The lowest BCUT2D eigenvalue weighted by atomic mass is 10.5. The molecule has 19 heteroatoms. The fourth-order valence-corrected chi connectivity index (χ4v) is 6.00. The first-order valence-electron chi connectivity index (χ1n) is 6.66. The average molecular weight is 469 g/mol. The molecule has 1 aliphatic rings. The molecule has 2 heterocycles. The van der Waals surface area contributed by atoms with Crippen LogP contribution in [0.4, 0.5) is 5.82 Å². The Hall–Kier alpha value is -0.600. The summed E-state index contributed by atoms with van der Waals surface area (Å²) in [5.41, 5.74) is 3.87. The van der Waals surface area contributed by atoms with Crippen LogP contribution < -0.4 is 11.4 Å². The molecule has 1 saturated heterocycles. The summed E-state index contributed by atoms with van der Waals surface area (Å²) in [6, 6.07) is 1.39. The number of nitrogen functional groups attached to an aromatic ring is 1. The van der Waals surface area contributed by atoms with E-state index in [-0.39, 0.29) is 12.4 Å². The minimum atomic E-state index is -5.58. The standard InChI is InChI=1S/C8H14N3O12P3S/c9-5-1-2-11(8(12)10-5)6-3-20-7(27-6)4-21-25(16,17)23-26(18,19)22-24(13,14)15/h1-2,6-7H,3-4H2,(H,16,17)(H,18,19)(H2,9,10,12)(H2,13,14,15). The van der Waals surface area contributed by atoms with Gasteiger partial charge >= 0.3 is 29.2 Å². The van der Waals surface area contributed by atoms with Gasteiger partial charge in [-0.1, -0.05) is 0 Å². The lowest BCUT2D eigenvalue weighted by molar-refractivity contribution is 0.0737. The summed E-state index contributed by atoms with van der Waals surface area (Å²) in [4.78, 5) is 50.6. The third kappa shape index (κ3) is 7.38. The van der Waals surface area contributed by atoms with Gasteiger partial charge in [0, 0.05) is 6.20 Å². The van der Waals surface area contributed by atoms with E-state index in [4.69, 9.17) is 25.2 Å². The number of nitrogens with zero attached hydrogens (tertiary/aromatic N) is 2. The molecule has 0 radical (unpaired) electrons. The van der Waals surface area contributed by atoms with Crippen LogP contribution in [-0.2, 0) is 31.6 Å². The van der Waals surface area contributed by atoms with Crippen molar-refractivity contribution in [3.63, 3.8) is 0 Å². The molecule has 0 aliphatic carbocycles. The molecule has 4 unspecified atom stereocenters. The predicted molar refractivity (Wildman–Crippen MR) is 89.1 cm³/mol. The molecule has 1 aromatic rings. The molecule has 1 aliphatic heterocycles. The Morgan fingerprint density at radius 1 is 1.26 bits per heavy atom. The van der Waals surface area contributed by atoms with E-state index in [0.29, 0.717) is 0 Å². The van der Waals surface area contributed by atoms with Crippen molar-refractivity contribution < 1.29 is 51.2 Å². The molecule has 27 heavy (non-hydrogen) atoms. The summed E-state index contributed by atoms with van der Waals surface area (Å²) in [5.74, 6) is 0.0318. The van der Waals surface area contributed by atoms with Gasteiger partial charge in [-0.25, -0.2) is 18.5 Å². The van der Waals surface area contributed by atoms with Crippen molar-refractivity contribution in [2.45, 2.75) is 10.8 Å². The van der Waals surface area contributed by atoms with Gasteiger partial charge in [0.1, 0.15) is 16.6 Å². The smallest absolute Gasteiger partial charge is 0.383 e. The Balaban J connectivity index is 1.91. The van der Waals surface area contributed by atoms with E-state index in [9.17, 15) is 23.4 Å². The normalized spacial score (nSPS) is 25.0. The fourth-order valence-electron chi connectivity index (χ4n) is 1.78. The second kappa shape index (κ2) is 8.41. The molecule has 1 fully saturated rings. The first-order chi connectivity index (χ1) is 12.3. The minimum Gasteiger partial charge on any atom is -0.383 e. The molecule has 1 aromatic heterocycles. The number of nitrogens with two attached hydrogens (primary N) is 1. The van der Waals surface area contributed by atoms with Gasteiger partial charge < -0.3 is 30.0 Å². The van der Waals surface area contributed by atoms with Crippen LogP contribution in [0.1, 0.15) is 5.37 Å². The molecule has 0 amide bonds. The van der Waals surface area contributed by atoms with Crippen LogP contribution in [0.15, 0.2) is 17.1 Å². The van der Waals surface area contributed by atoms with Crippen LogP contribution in [0, 0.1) is 0 Å². The van der Waals surface area contributed by atoms with E-state index in [2.05, 4.69) is 18.1 Å². The molecule has 154 valence electrons. The Morgan fingerprint density at radius 2 is 1.93 bits per heavy atom. The molecule has 0 aromatic carbocycles. The summed E-state index contributed by atoms with van der Waals surface area (Å²) >= 11 is 1.01. The maximum atomic E-state index is 11.8. The predicted octanol–water partition coefficient (Wildman–Crippen LogP) is -0.243. The van der Waals surface area contributed by atoms with E-state index < -0.39 is 46.6 Å². The average Bonchev–Trinajstić information content (AvgIpc) is 2.90. The number of phosphoric acid groups is 3. The van der Waals surface area contributed by atoms with Crippen LogP contribution >= 0.6 is 35.2 Å². The second-order valence-electron chi connectivity index (χ2n) is 4.78. The van der Waals surface area contributed by atoms with Crippen molar-refractivity contribution in [2.75, 3.05) is 18.9 Å². The number of hydrogen-bond donors (Lipinski definition) is 5. The molecule has 0 bridgehead atoms. The zero-order valence-electron chi connectivity index (χ0n) is 13.0. The largest absolute Gasteiger partial charge is 0.490 e. The number of phosphoric ester groups is 1. The highest BCUT2D eigenvalue weighted by atomic mass is 32.2. The van der Waals surface area contributed by atoms with Gasteiger partial charge in [-0.3, -0.25) is 9.09 Å². The van der Waals surface area contributed by atoms with Crippen molar-refractivity contribution in [2.24, 2.45) is 0 Å². The van der Waals surface area contributed by atoms with E-state index in [1.54, 1.807) is 0 Å².